The first-order valence-electron chi connectivity index (χ1n) is 11.2. The lowest BCUT2D eigenvalue weighted by atomic mass is 9.91. The molecule has 34 heavy (non-hydrogen) atoms. The Labute approximate surface area is 193 Å². The molecule has 3 aromatic rings. The number of nitrogens with zero attached hydrogens (tertiary/aromatic N) is 4. The van der Waals surface area contributed by atoms with Crippen molar-refractivity contribution < 1.29 is 18.0 Å². The number of anilines is 1. The van der Waals surface area contributed by atoms with Crippen molar-refractivity contribution in [3.8, 4) is 17.3 Å². The molecule has 3 N–H and O–H groups in total. The number of amides is 1. The highest BCUT2D eigenvalue weighted by molar-refractivity contribution is 5.94. The summed E-state index contributed by atoms with van der Waals surface area (Å²) in [7, 11) is 0. The van der Waals surface area contributed by atoms with Gasteiger partial charge in [-0.2, -0.15) is 18.4 Å². The first-order valence-corrected chi connectivity index (χ1v) is 11.2. The molecule has 0 bridgehead atoms. The van der Waals surface area contributed by atoms with E-state index in [9.17, 15) is 23.2 Å². The number of carbonyl (C=O) groups is 1. The van der Waals surface area contributed by atoms with Crippen LogP contribution in [0.3, 0.4) is 0 Å². The summed E-state index contributed by atoms with van der Waals surface area (Å²) in [5.41, 5.74) is 0.0902. The lowest BCUT2D eigenvalue weighted by Gasteiger charge is -2.30. The number of H-pyrrole nitrogens is 1. The maximum atomic E-state index is 13.2. The molecule has 2 unspecified atom stereocenters. The zero-order valence-electron chi connectivity index (χ0n) is 18.1. The third-order valence-corrected chi connectivity index (χ3v) is 6.32. The Morgan fingerprint density at radius 1 is 1.15 bits per heavy atom. The van der Waals surface area contributed by atoms with Gasteiger partial charge in [0.05, 0.1) is 23.0 Å². The van der Waals surface area contributed by atoms with Crippen LogP contribution in [0.5, 0.6) is 0 Å². The van der Waals surface area contributed by atoms with Crippen molar-refractivity contribution in [2.24, 2.45) is 5.92 Å². The van der Waals surface area contributed by atoms with Gasteiger partial charge in [-0.1, -0.05) is 0 Å². The maximum Gasteiger partial charge on any atom is 0.417 e. The van der Waals surface area contributed by atoms with Gasteiger partial charge < -0.3 is 15.6 Å². The van der Waals surface area contributed by atoms with Crippen LogP contribution in [0, 0.1) is 17.2 Å². The van der Waals surface area contributed by atoms with E-state index in [1.807, 2.05) is 6.07 Å². The van der Waals surface area contributed by atoms with Gasteiger partial charge in [-0.15, -0.1) is 0 Å². The minimum atomic E-state index is -4.54. The van der Waals surface area contributed by atoms with Crippen LogP contribution in [-0.4, -0.2) is 37.9 Å². The summed E-state index contributed by atoms with van der Waals surface area (Å²) in [6, 6.07) is 3.12. The van der Waals surface area contributed by atoms with E-state index in [1.54, 1.807) is 0 Å². The zero-order chi connectivity index (χ0) is 23.9. The van der Waals surface area contributed by atoms with Crippen molar-refractivity contribution in [1.29, 1.82) is 5.26 Å². The minimum Gasteiger partial charge on any atom is -0.353 e. The van der Waals surface area contributed by atoms with Crippen molar-refractivity contribution in [2.75, 3.05) is 5.32 Å². The number of nitriles is 1. The molecule has 2 aliphatic carbocycles. The number of aromatic amines is 1. The quantitative estimate of drug-likeness (QED) is 0.516. The van der Waals surface area contributed by atoms with Crippen LogP contribution in [-0.2, 0) is 11.0 Å². The topological polar surface area (TPSA) is 119 Å². The molecule has 2 atom stereocenters. The third kappa shape index (κ3) is 4.53. The van der Waals surface area contributed by atoms with E-state index in [0.29, 0.717) is 5.56 Å². The number of alkyl halides is 3. The van der Waals surface area contributed by atoms with Gasteiger partial charge in [-0.05, 0) is 44.6 Å². The van der Waals surface area contributed by atoms with Crippen molar-refractivity contribution >= 4 is 22.9 Å². The fourth-order valence-electron chi connectivity index (χ4n) is 4.39. The van der Waals surface area contributed by atoms with Crippen molar-refractivity contribution in [3.05, 3.63) is 35.8 Å². The molecule has 0 aromatic carbocycles. The number of rotatable bonds is 5. The highest BCUT2D eigenvalue weighted by Crippen LogP contribution is 2.35. The van der Waals surface area contributed by atoms with Gasteiger partial charge in [0.15, 0.2) is 0 Å². The van der Waals surface area contributed by atoms with E-state index in [2.05, 4.69) is 30.6 Å². The fourth-order valence-corrected chi connectivity index (χ4v) is 4.39. The summed E-state index contributed by atoms with van der Waals surface area (Å²) in [5.74, 6) is 0.553. The van der Waals surface area contributed by atoms with Crippen LogP contribution < -0.4 is 10.6 Å². The predicted molar refractivity (Wildman–Crippen MR) is 117 cm³/mol. The Morgan fingerprint density at radius 3 is 2.68 bits per heavy atom. The molecular formula is C23H22F3N7O. The number of nitrogens with one attached hydrogen (secondary N) is 3. The van der Waals surface area contributed by atoms with E-state index in [4.69, 9.17) is 0 Å². The number of carbonyl (C=O) groups excluding carboxylic acids is 1. The van der Waals surface area contributed by atoms with Crippen LogP contribution >= 0.6 is 0 Å². The SMILES string of the molecule is N#Cc1cnc(NC2CCCC(NC(=O)C3CC3)C2)nc1-c1c[nH]c2ncc(C(F)(F)F)cc12. The Morgan fingerprint density at radius 2 is 1.94 bits per heavy atom. The normalized spacial score (nSPS) is 20.6. The summed E-state index contributed by atoms with van der Waals surface area (Å²) in [6.45, 7) is 0. The fraction of sp³-hybridized carbons (Fsp3) is 0.435. The molecule has 2 aliphatic rings. The second-order valence-electron chi connectivity index (χ2n) is 8.88. The lowest BCUT2D eigenvalue weighted by Crippen LogP contribution is -2.42. The van der Waals surface area contributed by atoms with Crippen molar-refractivity contribution in [3.63, 3.8) is 0 Å². The van der Waals surface area contributed by atoms with Crippen molar-refractivity contribution in [1.82, 2.24) is 25.3 Å². The molecule has 0 radical (unpaired) electrons. The minimum absolute atomic E-state index is 0.0282. The second-order valence-corrected chi connectivity index (χ2v) is 8.88. The highest BCUT2D eigenvalue weighted by atomic mass is 19.4. The molecule has 2 saturated carbocycles. The van der Waals surface area contributed by atoms with E-state index in [0.717, 1.165) is 50.8 Å². The van der Waals surface area contributed by atoms with Gasteiger partial charge >= 0.3 is 6.18 Å². The van der Waals surface area contributed by atoms with Crippen molar-refractivity contribution in [2.45, 2.75) is 56.8 Å². The average Bonchev–Trinajstić information content (AvgIpc) is 3.58. The summed E-state index contributed by atoms with van der Waals surface area (Å²) in [4.78, 5) is 27.5. The van der Waals surface area contributed by atoms with Gasteiger partial charge in [0.25, 0.3) is 0 Å². The number of halogens is 3. The molecule has 0 spiro atoms. The molecular weight excluding hydrogens is 447 g/mol. The third-order valence-electron chi connectivity index (χ3n) is 6.32. The van der Waals surface area contributed by atoms with Gasteiger partial charge in [-0.25, -0.2) is 15.0 Å². The predicted octanol–water partition coefficient (Wildman–Crippen LogP) is 4.16. The van der Waals surface area contributed by atoms with Crippen LogP contribution in [0.2, 0.25) is 0 Å². The zero-order valence-corrected chi connectivity index (χ0v) is 18.1. The molecule has 2 fully saturated rings. The Kier molecular flexibility index (Phi) is 5.59. The number of aromatic nitrogens is 4. The van der Waals surface area contributed by atoms with Crippen LogP contribution in [0.4, 0.5) is 19.1 Å². The summed E-state index contributed by atoms with van der Waals surface area (Å²) in [6.07, 6.45) is 4.44. The first kappa shape index (κ1) is 22.1. The number of hydrogen-bond acceptors (Lipinski definition) is 6. The van der Waals surface area contributed by atoms with E-state index < -0.39 is 11.7 Å². The largest absolute Gasteiger partial charge is 0.417 e. The van der Waals surface area contributed by atoms with Crippen LogP contribution in [0.15, 0.2) is 24.7 Å². The number of pyridine rings is 1. The molecule has 3 aromatic heterocycles. The Hall–Kier alpha value is -3.68. The van der Waals surface area contributed by atoms with E-state index in [1.165, 1.54) is 12.4 Å². The van der Waals surface area contributed by atoms with Gasteiger partial charge in [0.1, 0.15) is 11.7 Å². The lowest BCUT2D eigenvalue weighted by molar-refractivity contribution is -0.137. The van der Waals surface area contributed by atoms with Gasteiger partial charge in [0.2, 0.25) is 11.9 Å². The molecule has 5 rings (SSSR count). The van der Waals surface area contributed by atoms with Gasteiger partial charge in [0, 0.05) is 41.3 Å². The van der Waals surface area contributed by atoms with E-state index >= 15 is 0 Å². The second kappa shape index (κ2) is 8.59. The Bertz CT molecular complexity index is 1280. The molecule has 11 heteroatoms. The summed E-state index contributed by atoms with van der Waals surface area (Å²) >= 11 is 0. The van der Waals surface area contributed by atoms with Crippen LogP contribution in [0.1, 0.15) is 49.7 Å². The van der Waals surface area contributed by atoms with Gasteiger partial charge in [-0.3, -0.25) is 4.79 Å². The maximum absolute atomic E-state index is 13.2. The average molecular weight is 469 g/mol. The molecule has 0 aliphatic heterocycles. The Balaban J connectivity index is 1.40. The molecule has 1 amide bonds. The first-order chi connectivity index (χ1) is 16.3. The molecule has 8 nitrogen and oxygen atoms in total. The monoisotopic (exact) mass is 469 g/mol. The van der Waals surface area contributed by atoms with E-state index in [-0.39, 0.29) is 52.1 Å². The molecule has 3 heterocycles. The van der Waals surface area contributed by atoms with Crippen LogP contribution in [0.25, 0.3) is 22.3 Å². The number of fused-ring (bicyclic) bond motifs is 1. The summed E-state index contributed by atoms with van der Waals surface area (Å²) in [5, 5.41) is 16.2. The number of hydrogen-bond donors (Lipinski definition) is 3. The smallest absolute Gasteiger partial charge is 0.353 e. The summed E-state index contributed by atoms with van der Waals surface area (Å²) < 4.78 is 39.7. The highest BCUT2D eigenvalue weighted by Gasteiger charge is 2.33. The molecule has 176 valence electrons. The molecule has 0 saturated heterocycles. The standard InChI is InChI=1S/C23H22F3N7O/c24-23(25,26)14-6-17-18(11-29-20(17)28-10-14)19-13(8-27)9-30-22(33-19)32-16-3-1-2-15(7-16)31-21(34)12-4-5-12/h6,9-12,15-16H,1-5,7H2,(H,28,29)(H,31,34)(H,30,32,33).